The monoisotopic (exact) mass is 361 g/mol. The van der Waals surface area contributed by atoms with E-state index in [0.29, 0.717) is 0 Å². The van der Waals surface area contributed by atoms with E-state index in [0.717, 1.165) is 0 Å². The van der Waals surface area contributed by atoms with Crippen LogP contribution in [-0.2, 0) is 0 Å². The Morgan fingerprint density at radius 1 is 0.577 bits per heavy atom. The lowest BCUT2D eigenvalue weighted by atomic mass is 10.1. The van der Waals surface area contributed by atoms with E-state index >= 15 is 0 Å². The molecule has 0 atom stereocenters. The first-order chi connectivity index (χ1) is 12.4. The maximum absolute atomic E-state index is 3.88. The van der Waals surface area contributed by atoms with Crippen LogP contribution in [0.15, 0.2) is 54.6 Å². The summed E-state index contributed by atoms with van der Waals surface area (Å²) in [6.45, 7) is 13.3. The molecule has 0 radical (unpaired) electrons. The third-order valence-electron chi connectivity index (χ3n) is 4.73. The molecular formula is C24H28NP. The number of hydrogen-bond donors (Lipinski definition) is 1. The lowest BCUT2D eigenvalue weighted by molar-refractivity contribution is 1.34. The second-order valence-corrected chi connectivity index (χ2v) is 9.10. The summed E-state index contributed by atoms with van der Waals surface area (Å²) in [6, 6.07) is 19.8. The Morgan fingerprint density at radius 3 is 1.35 bits per heavy atom. The molecule has 0 saturated heterocycles. The van der Waals surface area contributed by atoms with E-state index in [-0.39, 0.29) is 0 Å². The number of para-hydroxylation sites is 1. The van der Waals surface area contributed by atoms with Crippen molar-refractivity contribution < 1.29 is 0 Å². The minimum absolute atomic E-state index is 0.685. The van der Waals surface area contributed by atoms with Crippen molar-refractivity contribution in [3.63, 3.8) is 0 Å². The topological polar surface area (TPSA) is 12.0 Å². The molecule has 0 amide bonds. The summed E-state index contributed by atoms with van der Waals surface area (Å²) >= 11 is 0. The fraction of sp³-hybridized carbons (Fsp3) is 0.250. The predicted molar refractivity (Wildman–Crippen MR) is 118 cm³/mol. The van der Waals surface area contributed by atoms with Gasteiger partial charge < -0.3 is 5.09 Å². The maximum Gasteiger partial charge on any atom is 0.0533 e. The van der Waals surface area contributed by atoms with Gasteiger partial charge in [-0.2, -0.15) is 0 Å². The van der Waals surface area contributed by atoms with Gasteiger partial charge in [-0.3, -0.25) is 0 Å². The smallest absolute Gasteiger partial charge is 0.0533 e. The average Bonchev–Trinajstić information content (AvgIpc) is 2.53. The van der Waals surface area contributed by atoms with Crippen molar-refractivity contribution in [2.75, 3.05) is 5.09 Å². The van der Waals surface area contributed by atoms with Crippen molar-refractivity contribution in [2.45, 2.75) is 41.5 Å². The second-order valence-electron chi connectivity index (χ2n) is 7.31. The molecule has 134 valence electrons. The highest BCUT2D eigenvalue weighted by molar-refractivity contribution is 7.74. The standard InChI is InChI=1S/C24H28NP/c1-16-12-18(3)23(19(4)13-16)26(25-22-10-8-7-9-11-22)24-20(5)14-17(2)15-21(24)6/h7-15,25H,1-6H3. The number of benzene rings is 3. The Kier molecular flexibility index (Phi) is 5.49. The zero-order valence-electron chi connectivity index (χ0n) is 16.6. The van der Waals surface area contributed by atoms with E-state index in [4.69, 9.17) is 0 Å². The molecule has 0 aromatic heterocycles. The summed E-state index contributed by atoms with van der Waals surface area (Å²) in [5.74, 6) is 0. The maximum atomic E-state index is 3.88. The molecule has 0 saturated carbocycles. The van der Waals surface area contributed by atoms with E-state index in [9.17, 15) is 0 Å². The Balaban J connectivity index is 2.21. The SMILES string of the molecule is Cc1cc(C)c(P(Nc2ccccc2)c2c(C)cc(C)cc2C)c(C)c1. The highest BCUT2D eigenvalue weighted by atomic mass is 31.1. The van der Waals surface area contributed by atoms with Crippen LogP contribution in [0.2, 0.25) is 0 Å². The Hall–Kier alpha value is -2.11. The van der Waals surface area contributed by atoms with Gasteiger partial charge in [-0.05, 0) is 75.9 Å². The van der Waals surface area contributed by atoms with Gasteiger partial charge in [-0.1, -0.05) is 53.6 Å². The first-order valence-corrected chi connectivity index (χ1v) is 10.5. The number of hydrogen-bond acceptors (Lipinski definition) is 1. The van der Waals surface area contributed by atoms with Gasteiger partial charge in [-0.15, -0.1) is 0 Å². The van der Waals surface area contributed by atoms with Gasteiger partial charge in [0.25, 0.3) is 0 Å². The van der Waals surface area contributed by atoms with E-state index in [1.54, 1.807) is 0 Å². The first-order valence-electron chi connectivity index (χ1n) is 9.14. The normalized spacial score (nSPS) is 11.0. The van der Waals surface area contributed by atoms with Crippen LogP contribution in [0.3, 0.4) is 0 Å². The van der Waals surface area contributed by atoms with Gasteiger partial charge in [0, 0.05) is 16.3 Å². The van der Waals surface area contributed by atoms with Crippen LogP contribution in [0.1, 0.15) is 33.4 Å². The van der Waals surface area contributed by atoms with Crippen LogP contribution in [0.25, 0.3) is 0 Å². The number of rotatable bonds is 4. The molecule has 26 heavy (non-hydrogen) atoms. The molecule has 0 aliphatic rings. The molecule has 0 aliphatic heterocycles. The van der Waals surface area contributed by atoms with Crippen LogP contribution in [-0.4, -0.2) is 0 Å². The van der Waals surface area contributed by atoms with Crippen LogP contribution in [0.5, 0.6) is 0 Å². The zero-order valence-corrected chi connectivity index (χ0v) is 17.5. The summed E-state index contributed by atoms with van der Waals surface area (Å²) in [4.78, 5) is 0. The summed E-state index contributed by atoms with van der Waals surface area (Å²) < 4.78 is 0. The predicted octanol–water partition coefficient (Wildman–Crippen LogP) is 6.00. The fourth-order valence-corrected chi connectivity index (χ4v) is 6.44. The molecule has 0 aliphatic carbocycles. The van der Waals surface area contributed by atoms with Gasteiger partial charge in [0.2, 0.25) is 0 Å². The minimum Gasteiger partial charge on any atom is -0.357 e. The van der Waals surface area contributed by atoms with Crippen LogP contribution in [0.4, 0.5) is 5.69 Å². The molecule has 0 bridgehead atoms. The summed E-state index contributed by atoms with van der Waals surface area (Å²) in [7, 11) is -0.685. The largest absolute Gasteiger partial charge is 0.357 e. The van der Waals surface area contributed by atoms with Gasteiger partial charge in [0.15, 0.2) is 0 Å². The van der Waals surface area contributed by atoms with E-state index < -0.39 is 8.07 Å². The van der Waals surface area contributed by atoms with Gasteiger partial charge in [0.05, 0.1) is 8.07 Å². The molecule has 3 rings (SSSR count). The van der Waals surface area contributed by atoms with Crippen molar-refractivity contribution in [1.82, 2.24) is 0 Å². The van der Waals surface area contributed by atoms with Crippen LogP contribution >= 0.6 is 8.07 Å². The Labute approximate surface area is 159 Å². The minimum atomic E-state index is -0.685. The lowest BCUT2D eigenvalue weighted by Crippen LogP contribution is -2.25. The molecular weight excluding hydrogens is 333 g/mol. The quantitative estimate of drug-likeness (QED) is 0.562. The van der Waals surface area contributed by atoms with Gasteiger partial charge in [-0.25, -0.2) is 0 Å². The molecule has 3 aromatic rings. The molecule has 0 spiro atoms. The number of nitrogens with one attached hydrogen (secondary N) is 1. The zero-order chi connectivity index (χ0) is 18.8. The first kappa shape index (κ1) is 18.7. The van der Waals surface area contributed by atoms with Crippen molar-refractivity contribution >= 4 is 24.4 Å². The van der Waals surface area contributed by atoms with Gasteiger partial charge >= 0.3 is 0 Å². The third kappa shape index (κ3) is 3.84. The van der Waals surface area contributed by atoms with Gasteiger partial charge in [0.1, 0.15) is 0 Å². The Morgan fingerprint density at radius 2 is 0.962 bits per heavy atom. The Bertz CT molecular complexity index is 825. The second kappa shape index (κ2) is 7.64. The molecule has 0 heterocycles. The van der Waals surface area contributed by atoms with Crippen LogP contribution < -0.4 is 15.7 Å². The van der Waals surface area contributed by atoms with Crippen LogP contribution in [0, 0.1) is 41.5 Å². The molecule has 1 N–H and O–H groups in total. The third-order valence-corrected chi connectivity index (χ3v) is 7.52. The van der Waals surface area contributed by atoms with Crippen molar-refractivity contribution in [3.05, 3.63) is 88.0 Å². The molecule has 1 nitrogen and oxygen atoms in total. The molecule has 3 aromatic carbocycles. The van der Waals surface area contributed by atoms with E-state index in [2.05, 4.69) is 101 Å². The molecule has 0 unspecified atom stereocenters. The number of anilines is 1. The van der Waals surface area contributed by atoms with Crippen molar-refractivity contribution in [1.29, 1.82) is 0 Å². The summed E-state index contributed by atoms with van der Waals surface area (Å²) in [6.07, 6.45) is 0. The highest BCUT2D eigenvalue weighted by Gasteiger charge is 2.22. The van der Waals surface area contributed by atoms with E-state index in [1.807, 2.05) is 0 Å². The number of aryl methyl sites for hydroxylation is 6. The molecule has 0 fully saturated rings. The fourth-order valence-electron chi connectivity index (χ4n) is 3.92. The van der Waals surface area contributed by atoms with Crippen molar-refractivity contribution in [2.24, 2.45) is 0 Å². The summed E-state index contributed by atoms with van der Waals surface area (Å²) in [5, 5.41) is 6.78. The molecule has 2 heteroatoms. The average molecular weight is 361 g/mol. The van der Waals surface area contributed by atoms with Crippen molar-refractivity contribution in [3.8, 4) is 0 Å². The highest BCUT2D eigenvalue weighted by Crippen LogP contribution is 2.39. The lowest BCUT2D eigenvalue weighted by Gasteiger charge is -2.28. The summed E-state index contributed by atoms with van der Waals surface area (Å²) in [5.41, 5.74) is 9.32. The van der Waals surface area contributed by atoms with E-state index in [1.165, 1.54) is 49.7 Å².